The minimum absolute atomic E-state index is 0.415. The molecule has 0 N–H and O–H groups in total. The first-order valence-corrected chi connectivity index (χ1v) is 3.56. The van der Waals surface area contributed by atoms with Gasteiger partial charge in [0.25, 0.3) is 5.78 Å². The van der Waals surface area contributed by atoms with E-state index in [1.54, 1.807) is 10.8 Å². The van der Waals surface area contributed by atoms with Gasteiger partial charge in [-0.15, -0.1) is 4.57 Å². The maximum atomic E-state index is 5.09. The molecule has 2 aromatic rings. The fourth-order valence-corrected chi connectivity index (χ4v) is 1.04. The Morgan fingerprint density at radius 1 is 1.45 bits per heavy atom. The van der Waals surface area contributed by atoms with Crippen molar-refractivity contribution in [2.75, 3.05) is 0 Å². The summed E-state index contributed by atoms with van der Waals surface area (Å²) in [6, 6.07) is 0. The molecule has 0 unspecified atom stereocenters. The number of hydrogen-bond acceptors (Lipinski definition) is 3. The number of nitrogens with zero attached hydrogens (tertiary/aromatic N) is 3. The molecule has 4 heteroatoms. The molecule has 4 nitrogen and oxygen atoms in total. The van der Waals surface area contributed by atoms with Crippen molar-refractivity contribution in [2.24, 2.45) is 0 Å². The average Bonchev–Trinajstić information content (AvgIpc) is 2.41. The molecule has 2 rings (SSSR count). The van der Waals surface area contributed by atoms with Gasteiger partial charge in [-0.3, -0.25) is 0 Å². The van der Waals surface area contributed by atoms with E-state index in [-0.39, 0.29) is 0 Å². The van der Waals surface area contributed by atoms with Crippen molar-refractivity contribution >= 4 is 5.78 Å². The van der Waals surface area contributed by atoms with Crippen LogP contribution in [0.15, 0.2) is 17.1 Å². The molecule has 0 aliphatic heterocycles. The minimum Gasteiger partial charge on any atom is -0.360 e. The Bertz CT molecular complexity index is 360. The first-order valence-electron chi connectivity index (χ1n) is 3.56. The predicted octanol–water partition coefficient (Wildman–Crippen LogP) is 1.45. The van der Waals surface area contributed by atoms with Gasteiger partial charge in [-0.05, 0) is 5.92 Å². The Balaban J connectivity index is 2.68. The smallest absolute Gasteiger partial charge is 0.266 e. The summed E-state index contributed by atoms with van der Waals surface area (Å²) in [7, 11) is 0. The number of aromatic nitrogens is 3. The second-order valence-electron chi connectivity index (χ2n) is 2.77. The Kier molecular flexibility index (Phi) is 1.21. The highest BCUT2D eigenvalue weighted by Gasteiger charge is 2.08. The molecule has 0 bridgehead atoms. The summed E-state index contributed by atoms with van der Waals surface area (Å²) in [5, 5.41) is 0. The van der Waals surface area contributed by atoms with Crippen LogP contribution in [0.1, 0.15) is 25.5 Å². The lowest BCUT2D eigenvalue weighted by Gasteiger charge is -1.98. The van der Waals surface area contributed by atoms with E-state index in [9.17, 15) is 0 Å². The Hall–Kier alpha value is -1.32. The minimum atomic E-state index is 0.415. The summed E-state index contributed by atoms with van der Waals surface area (Å²) in [5.41, 5.74) is 1.05. The molecule has 0 saturated heterocycles. The quantitative estimate of drug-likeness (QED) is 0.619. The summed E-state index contributed by atoms with van der Waals surface area (Å²) in [4.78, 5) is 7.96. The standard InChI is InChI=1S/C7H9N3O/c1-5(2)6-3-8-7-9-4-11-10(6)7/h3-5H,1-2H3. The Morgan fingerprint density at radius 2 is 2.27 bits per heavy atom. The zero-order valence-electron chi connectivity index (χ0n) is 6.48. The molecule has 0 spiro atoms. The molecule has 0 aromatic carbocycles. The Labute approximate surface area is 63.8 Å². The van der Waals surface area contributed by atoms with Gasteiger partial charge >= 0.3 is 0 Å². The van der Waals surface area contributed by atoms with E-state index in [4.69, 9.17) is 4.52 Å². The summed E-state index contributed by atoms with van der Waals surface area (Å²) in [6.07, 6.45) is 3.19. The maximum absolute atomic E-state index is 5.09. The van der Waals surface area contributed by atoms with Crippen molar-refractivity contribution in [1.82, 2.24) is 14.5 Å². The van der Waals surface area contributed by atoms with Gasteiger partial charge in [-0.1, -0.05) is 13.8 Å². The molecule has 0 amide bonds. The van der Waals surface area contributed by atoms with E-state index in [1.807, 2.05) is 0 Å². The molecule has 0 atom stereocenters. The van der Waals surface area contributed by atoms with Crippen molar-refractivity contribution in [3.05, 3.63) is 18.3 Å². The van der Waals surface area contributed by atoms with Crippen LogP contribution in [0.3, 0.4) is 0 Å². The first kappa shape index (κ1) is 6.39. The van der Waals surface area contributed by atoms with Gasteiger partial charge in [-0.25, -0.2) is 4.98 Å². The lowest BCUT2D eigenvalue weighted by molar-refractivity contribution is 0.359. The molecule has 2 heterocycles. The van der Waals surface area contributed by atoms with Crippen LogP contribution in [0.5, 0.6) is 0 Å². The lowest BCUT2D eigenvalue weighted by Crippen LogP contribution is -1.90. The zero-order valence-corrected chi connectivity index (χ0v) is 6.48. The molecule has 0 radical (unpaired) electrons. The highest BCUT2D eigenvalue weighted by Crippen LogP contribution is 2.14. The lowest BCUT2D eigenvalue weighted by atomic mass is 10.2. The molecular weight excluding hydrogens is 142 g/mol. The second-order valence-corrected chi connectivity index (χ2v) is 2.77. The van der Waals surface area contributed by atoms with Crippen LogP contribution in [0.2, 0.25) is 0 Å². The number of rotatable bonds is 1. The van der Waals surface area contributed by atoms with Crippen LogP contribution in [0, 0.1) is 0 Å². The number of fused-ring (bicyclic) bond motifs is 1. The van der Waals surface area contributed by atoms with Crippen molar-refractivity contribution < 1.29 is 4.52 Å². The number of hydrogen-bond donors (Lipinski definition) is 0. The van der Waals surface area contributed by atoms with Crippen molar-refractivity contribution in [3.8, 4) is 0 Å². The van der Waals surface area contributed by atoms with Gasteiger partial charge in [0.2, 0.25) is 6.39 Å². The van der Waals surface area contributed by atoms with Crippen LogP contribution in [-0.4, -0.2) is 14.5 Å². The third-order valence-corrected chi connectivity index (χ3v) is 1.64. The second kappa shape index (κ2) is 2.08. The summed E-state index contributed by atoms with van der Waals surface area (Å²) in [6.45, 7) is 4.18. The van der Waals surface area contributed by atoms with Crippen LogP contribution in [0.25, 0.3) is 5.78 Å². The van der Waals surface area contributed by atoms with Gasteiger partial charge in [0.1, 0.15) is 0 Å². The van der Waals surface area contributed by atoms with Crippen molar-refractivity contribution in [1.29, 1.82) is 0 Å². The third kappa shape index (κ3) is 0.824. The molecule has 2 aromatic heterocycles. The fourth-order valence-electron chi connectivity index (χ4n) is 1.04. The van der Waals surface area contributed by atoms with Gasteiger partial charge in [-0.2, -0.15) is 4.98 Å². The zero-order chi connectivity index (χ0) is 7.84. The summed E-state index contributed by atoms with van der Waals surface area (Å²) >= 11 is 0. The highest BCUT2D eigenvalue weighted by atomic mass is 16.5. The topological polar surface area (TPSA) is 43.3 Å². The van der Waals surface area contributed by atoms with Crippen LogP contribution >= 0.6 is 0 Å². The van der Waals surface area contributed by atoms with Gasteiger partial charge in [0.05, 0.1) is 11.9 Å². The van der Waals surface area contributed by atoms with E-state index in [0.29, 0.717) is 11.7 Å². The van der Waals surface area contributed by atoms with Gasteiger partial charge in [0, 0.05) is 0 Å². The third-order valence-electron chi connectivity index (χ3n) is 1.64. The van der Waals surface area contributed by atoms with Gasteiger partial charge in [0.15, 0.2) is 0 Å². The van der Waals surface area contributed by atoms with E-state index in [0.717, 1.165) is 5.69 Å². The normalized spacial score (nSPS) is 11.5. The van der Waals surface area contributed by atoms with Crippen molar-refractivity contribution in [3.63, 3.8) is 0 Å². The largest absolute Gasteiger partial charge is 0.360 e. The molecule has 11 heavy (non-hydrogen) atoms. The molecular formula is C7H9N3O. The summed E-state index contributed by atoms with van der Waals surface area (Å²) in [5.74, 6) is 1.05. The van der Waals surface area contributed by atoms with E-state index < -0.39 is 0 Å². The predicted molar refractivity (Wildman–Crippen MR) is 39.3 cm³/mol. The molecule has 0 aliphatic rings. The molecule has 0 fully saturated rings. The average molecular weight is 151 g/mol. The monoisotopic (exact) mass is 151 g/mol. The summed E-state index contributed by atoms with van der Waals surface area (Å²) < 4.78 is 6.74. The highest BCUT2D eigenvalue weighted by molar-refractivity contribution is 5.27. The Morgan fingerprint density at radius 3 is 3.00 bits per heavy atom. The number of imidazole rings is 1. The van der Waals surface area contributed by atoms with E-state index in [2.05, 4.69) is 23.8 Å². The molecule has 0 saturated carbocycles. The van der Waals surface area contributed by atoms with E-state index in [1.165, 1.54) is 6.39 Å². The van der Waals surface area contributed by atoms with Gasteiger partial charge < -0.3 is 4.52 Å². The van der Waals surface area contributed by atoms with Crippen LogP contribution in [0.4, 0.5) is 0 Å². The maximum Gasteiger partial charge on any atom is 0.266 e. The van der Waals surface area contributed by atoms with Crippen LogP contribution < -0.4 is 0 Å². The van der Waals surface area contributed by atoms with Crippen LogP contribution in [-0.2, 0) is 0 Å². The van der Waals surface area contributed by atoms with E-state index >= 15 is 0 Å². The van der Waals surface area contributed by atoms with Crippen molar-refractivity contribution in [2.45, 2.75) is 19.8 Å². The fraction of sp³-hybridized carbons (Fsp3) is 0.429. The molecule has 0 aliphatic carbocycles. The first-order chi connectivity index (χ1) is 5.29. The molecule has 58 valence electrons. The SMILES string of the molecule is CC(C)c1cnc2ncon12.